The molecule has 0 unspecified atom stereocenters. The van der Waals surface area contributed by atoms with E-state index in [1.54, 1.807) is 6.08 Å². The zero-order valence-electron chi connectivity index (χ0n) is 12.6. The molecule has 1 rings (SSSR count). The molecule has 0 aliphatic heterocycles. The van der Waals surface area contributed by atoms with E-state index in [9.17, 15) is 0 Å². The van der Waals surface area contributed by atoms with Crippen molar-refractivity contribution in [1.82, 2.24) is 0 Å². The summed E-state index contributed by atoms with van der Waals surface area (Å²) in [4.78, 5) is 5.04. The largest absolute Gasteiger partial charge is 0.411 e. The molecule has 2 heteroatoms. The van der Waals surface area contributed by atoms with Crippen molar-refractivity contribution in [3.05, 3.63) is 35.4 Å². The lowest BCUT2D eigenvalue weighted by atomic mass is 9.80. The minimum absolute atomic E-state index is 0.0541. The Labute approximate surface area is 112 Å². The molecular formula is C16H27NO. The monoisotopic (exact) mass is 249 g/mol. The molecule has 1 aromatic carbocycles. The van der Waals surface area contributed by atoms with Crippen LogP contribution in [0.3, 0.4) is 0 Å². The molecule has 0 spiro atoms. The fourth-order valence-corrected chi connectivity index (χ4v) is 1.78. The molecule has 0 atom stereocenters. The molecule has 1 aromatic rings. The molecule has 102 valence electrons. The van der Waals surface area contributed by atoms with E-state index in [1.165, 1.54) is 5.56 Å². The van der Waals surface area contributed by atoms with Crippen LogP contribution in [0.25, 0.3) is 6.08 Å². The highest BCUT2D eigenvalue weighted by Crippen LogP contribution is 2.37. The highest BCUT2D eigenvalue weighted by molar-refractivity contribution is 5.61. The van der Waals surface area contributed by atoms with Crippen molar-refractivity contribution in [2.24, 2.45) is 5.90 Å². The van der Waals surface area contributed by atoms with Crippen LogP contribution in [-0.4, -0.2) is 0 Å². The van der Waals surface area contributed by atoms with E-state index in [2.05, 4.69) is 40.3 Å². The normalized spacial score (nSPS) is 10.4. The predicted octanol–water partition coefficient (Wildman–Crippen LogP) is 4.60. The maximum absolute atomic E-state index is 5.38. The summed E-state index contributed by atoms with van der Waals surface area (Å²) >= 11 is 0. The van der Waals surface area contributed by atoms with Gasteiger partial charge in [0.1, 0.15) is 0 Å². The first-order valence-electron chi connectivity index (χ1n) is 6.60. The zero-order chi connectivity index (χ0) is 14.3. The van der Waals surface area contributed by atoms with Crippen LogP contribution in [0.5, 0.6) is 5.75 Å². The van der Waals surface area contributed by atoms with Crippen molar-refractivity contribution in [2.75, 3.05) is 0 Å². The van der Waals surface area contributed by atoms with Crippen molar-refractivity contribution < 1.29 is 4.84 Å². The predicted molar refractivity (Wildman–Crippen MR) is 80.8 cm³/mol. The van der Waals surface area contributed by atoms with E-state index in [4.69, 9.17) is 10.7 Å². The van der Waals surface area contributed by atoms with Gasteiger partial charge < -0.3 is 4.84 Å². The lowest BCUT2D eigenvalue weighted by molar-refractivity contribution is 0.320. The second-order valence-electron chi connectivity index (χ2n) is 4.79. The van der Waals surface area contributed by atoms with E-state index in [-0.39, 0.29) is 5.41 Å². The molecule has 2 nitrogen and oxygen atoms in total. The Morgan fingerprint density at radius 1 is 1.33 bits per heavy atom. The van der Waals surface area contributed by atoms with Crippen molar-refractivity contribution in [3.63, 3.8) is 0 Å². The molecule has 0 saturated carbocycles. The van der Waals surface area contributed by atoms with Gasteiger partial charge >= 0.3 is 0 Å². The molecule has 0 aromatic heterocycles. The summed E-state index contributed by atoms with van der Waals surface area (Å²) in [6.45, 7) is 16.4. The van der Waals surface area contributed by atoms with E-state index >= 15 is 0 Å². The quantitative estimate of drug-likeness (QED) is 0.791. The Hall–Kier alpha value is -1.28. The first-order chi connectivity index (χ1) is 8.46. The molecule has 0 bridgehead atoms. The highest BCUT2D eigenvalue weighted by atomic mass is 16.6. The topological polar surface area (TPSA) is 35.2 Å². The number of hydrogen-bond donors (Lipinski definition) is 1. The van der Waals surface area contributed by atoms with Gasteiger partial charge in [-0.2, -0.15) is 5.90 Å². The maximum Gasteiger partial charge on any atom is 0.157 e. The summed E-state index contributed by atoms with van der Waals surface area (Å²) in [5.74, 6) is 6.12. The van der Waals surface area contributed by atoms with Crippen molar-refractivity contribution in [3.8, 4) is 5.75 Å². The van der Waals surface area contributed by atoms with Crippen molar-refractivity contribution >= 4 is 6.08 Å². The second kappa shape index (κ2) is 7.22. The van der Waals surface area contributed by atoms with Gasteiger partial charge in [-0.25, -0.2) is 0 Å². The third-order valence-electron chi connectivity index (χ3n) is 3.21. The number of nitrogens with two attached hydrogens (primary N) is 1. The third kappa shape index (κ3) is 3.61. The van der Waals surface area contributed by atoms with Gasteiger partial charge in [-0.3, -0.25) is 0 Å². The van der Waals surface area contributed by atoms with E-state index < -0.39 is 0 Å². The van der Waals surface area contributed by atoms with E-state index in [0.717, 1.165) is 23.3 Å². The summed E-state index contributed by atoms with van der Waals surface area (Å²) in [7, 11) is 0. The molecule has 0 aliphatic rings. The van der Waals surface area contributed by atoms with Gasteiger partial charge in [0, 0.05) is 11.1 Å². The van der Waals surface area contributed by atoms with E-state index in [1.807, 2.05) is 19.9 Å². The zero-order valence-corrected chi connectivity index (χ0v) is 12.6. The smallest absolute Gasteiger partial charge is 0.157 e. The average Bonchev–Trinajstić information content (AvgIpc) is 2.39. The highest BCUT2D eigenvalue weighted by Gasteiger charge is 2.24. The Balaban J connectivity index is 0.00000137. The fourth-order valence-electron chi connectivity index (χ4n) is 1.78. The van der Waals surface area contributed by atoms with Gasteiger partial charge in [0.15, 0.2) is 5.75 Å². The number of hydrogen-bond acceptors (Lipinski definition) is 2. The van der Waals surface area contributed by atoms with Gasteiger partial charge in [0.2, 0.25) is 0 Å². The summed E-state index contributed by atoms with van der Waals surface area (Å²) in [5.41, 5.74) is 3.36. The van der Waals surface area contributed by atoms with Gasteiger partial charge in [-0.1, -0.05) is 53.3 Å². The van der Waals surface area contributed by atoms with Crippen LogP contribution in [0.4, 0.5) is 0 Å². The lowest BCUT2D eigenvalue weighted by Gasteiger charge is -2.26. The van der Waals surface area contributed by atoms with Gasteiger partial charge in [0.05, 0.1) is 0 Å². The van der Waals surface area contributed by atoms with Gasteiger partial charge in [-0.05, 0) is 30.4 Å². The molecule has 0 saturated heterocycles. The SMILES string of the molecule is C=Cc1cc(C)cc(C(C)(C)CC)c1ON.CC. The molecular weight excluding hydrogens is 222 g/mol. The van der Waals surface area contributed by atoms with Crippen LogP contribution in [0.2, 0.25) is 0 Å². The molecule has 0 amide bonds. The average molecular weight is 249 g/mol. The molecule has 0 heterocycles. The molecule has 0 aliphatic carbocycles. The maximum atomic E-state index is 5.38. The Kier molecular flexibility index (Phi) is 6.71. The number of aryl methyl sites for hydroxylation is 1. The molecule has 18 heavy (non-hydrogen) atoms. The third-order valence-corrected chi connectivity index (χ3v) is 3.21. The standard InChI is InChI=1S/C14H21NO.C2H6/c1-6-11-8-10(3)9-12(13(11)16-15)14(4,5)7-2;1-2/h6,8-9H,1,7,15H2,2-5H3;1-2H3. The molecule has 0 fully saturated rings. The Bertz CT molecular complexity index is 394. The van der Waals surface area contributed by atoms with Crippen LogP contribution >= 0.6 is 0 Å². The first kappa shape index (κ1) is 16.7. The van der Waals surface area contributed by atoms with Crippen LogP contribution < -0.4 is 10.7 Å². The van der Waals surface area contributed by atoms with Gasteiger partial charge in [0.25, 0.3) is 0 Å². The summed E-state index contributed by atoms with van der Waals surface area (Å²) in [6, 6.07) is 4.17. The Morgan fingerprint density at radius 2 is 1.89 bits per heavy atom. The fraction of sp³-hybridized carbons (Fsp3) is 0.500. The summed E-state index contributed by atoms with van der Waals surface area (Å²) < 4.78 is 0. The van der Waals surface area contributed by atoms with Crippen LogP contribution in [0, 0.1) is 6.92 Å². The van der Waals surface area contributed by atoms with Crippen molar-refractivity contribution in [2.45, 2.75) is 53.4 Å². The second-order valence-corrected chi connectivity index (χ2v) is 4.79. The van der Waals surface area contributed by atoms with Crippen LogP contribution in [0.15, 0.2) is 18.7 Å². The molecule has 2 N–H and O–H groups in total. The van der Waals surface area contributed by atoms with Crippen LogP contribution in [0.1, 0.15) is 57.7 Å². The van der Waals surface area contributed by atoms with E-state index in [0.29, 0.717) is 0 Å². The van der Waals surface area contributed by atoms with Crippen LogP contribution in [-0.2, 0) is 5.41 Å². The molecule has 0 radical (unpaired) electrons. The lowest BCUT2D eigenvalue weighted by Crippen LogP contribution is -2.19. The van der Waals surface area contributed by atoms with Crippen molar-refractivity contribution in [1.29, 1.82) is 0 Å². The Morgan fingerprint density at radius 3 is 2.28 bits per heavy atom. The minimum atomic E-state index is 0.0541. The minimum Gasteiger partial charge on any atom is -0.411 e. The first-order valence-corrected chi connectivity index (χ1v) is 6.60. The number of benzene rings is 1. The summed E-state index contributed by atoms with van der Waals surface area (Å²) in [6.07, 6.45) is 2.81. The summed E-state index contributed by atoms with van der Waals surface area (Å²) in [5, 5.41) is 0. The number of rotatable bonds is 4. The van der Waals surface area contributed by atoms with Gasteiger partial charge in [-0.15, -0.1) is 0 Å².